The summed E-state index contributed by atoms with van der Waals surface area (Å²) >= 11 is 0. The minimum absolute atomic E-state index is 0.0104. The van der Waals surface area contributed by atoms with Gasteiger partial charge in [-0.1, -0.05) is 0 Å². The standard InChI is InChI=1S/C30H39NO13/c1-3-41-28(38)13-7-12-8-14-16(10-31-26(14)35)17-11-42-22-19(17)18(12)15(9-13)21(24(22)40-2)43-29-30(39,5-4-6-32)25(34)20(33)23(44-29)27(36)37/h11-14,16,20,23,25,27,29,32-34,36-37,39H,3-10H2,1-2H3,(H,31,35). The van der Waals surface area contributed by atoms with Crippen LogP contribution in [0.5, 0.6) is 11.5 Å². The maximum atomic E-state index is 13.2. The molecular weight excluding hydrogens is 582 g/mol. The summed E-state index contributed by atoms with van der Waals surface area (Å²) in [6.07, 6.45) is -7.32. The molecule has 0 spiro atoms. The molecule has 2 saturated heterocycles. The summed E-state index contributed by atoms with van der Waals surface area (Å²) < 4.78 is 29.4. The number of benzene rings is 1. The van der Waals surface area contributed by atoms with E-state index in [1.807, 2.05) is 0 Å². The summed E-state index contributed by atoms with van der Waals surface area (Å²) in [7, 11) is 1.39. The fourth-order valence-corrected chi connectivity index (χ4v) is 7.65. The molecule has 3 heterocycles. The zero-order valence-electron chi connectivity index (χ0n) is 24.5. The van der Waals surface area contributed by atoms with E-state index in [0.717, 1.165) is 16.5 Å². The van der Waals surface area contributed by atoms with Gasteiger partial charge in [0.15, 0.2) is 23.2 Å². The lowest BCUT2D eigenvalue weighted by molar-refractivity contribution is -0.345. The molecular formula is C30H39NO13. The van der Waals surface area contributed by atoms with E-state index in [1.165, 1.54) is 7.11 Å². The van der Waals surface area contributed by atoms with Crippen LogP contribution in [0.4, 0.5) is 0 Å². The molecule has 242 valence electrons. The summed E-state index contributed by atoms with van der Waals surface area (Å²) in [5, 5.41) is 66.3. The lowest BCUT2D eigenvalue weighted by Crippen LogP contribution is -2.69. The molecule has 9 atom stereocenters. The lowest BCUT2D eigenvalue weighted by atomic mass is 9.72. The van der Waals surface area contributed by atoms with Gasteiger partial charge in [-0.3, -0.25) is 9.59 Å². The maximum absolute atomic E-state index is 13.2. The smallest absolute Gasteiger partial charge is 0.309 e. The predicted octanol–water partition coefficient (Wildman–Crippen LogP) is -0.476. The Morgan fingerprint density at radius 1 is 1.20 bits per heavy atom. The number of aliphatic hydroxyl groups excluding tert-OH is 4. The zero-order valence-corrected chi connectivity index (χ0v) is 24.5. The molecule has 1 aromatic heterocycles. The summed E-state index contributed by atoms with van der Waals surface area (Å²) in [5.74, 6) is -1.75. The zero-order chi connectivity index (χ0) is 31.5. The van der Waals surface area contributed by atoms with Crippen LogP contribution in [0.15, 0.2) is 10.7 Å². The molecule has 44 heavy (non-hydrogen) atoms. The number of carbonyl (C=O) groups is 2. The number of furan rings is 1. The normalized spacial score (nSPS) is 34.4. The third-order valence-electron chi connectivity index (χ3n) is 9.72. The van der Waals surface area contributed by atoms with Crippen LogP contribution in [-0.2, 0) is 25.5 Å². The molecule has 4 aliphatic rings. The van der Waals surface area contributed by atoms with Gasteiger partial charge >= 0.3 is 5.97 Å². The highest BCUT2D eigenvalue weighted by molar-refractivity contribution is 5.97. The van der Waals surface area contributed by atoms with E-state index in [1.54, 1.807) is 13.2 Å². The molecule has 0 saturated carbocycles. The Kier molecular flexibility index (Phi) is 8.28. The van der Waals surface area contributed by atoms with Crippen molar-refractivity contribution in [2.24, 2.45) is 11.8 Å². The van der Waals surface area contributed by atoms with E-state index >= 15 is 0 Å². The van der Waals surface area contributed by atoms with Crippen LogP contribution in [0.2, 0.25) is 0 Å². The molecule has 9 unspecified atom stereocenters. The number of hydrogen-bond donors (Lipinski definition) is 7. The number of hydrogen-bond acceptors (Lipinski definition) is 13. The van der Waals surface area contributed by atoms with Gasteiger partial charge in [-0.25, -0.2) is 0 Å². The summed E-state index contributed by atoms with van der Waals surface area (Å²) in [4.78, 5) is 26.1. The highest BCUT2D eigenvalue weighted by Crippen LogP contribution is 2.57. The highest BCUT2D eigenvalue weighted by Gasteiger charge is 2.58. The second-order valence-electron chi connectivity index (χ2n) is 12.1. The van der Waals surface area contributed by atoms with E-state index in [-0.39, 0.29) is 67.6 Å². The van der Waals surface area contributed by atoms with Gasteiger partial charge in [0.25, 0.3) is 0 Å². The topological polar surface area (TPSA) is 218 Å². The fourth-order valence-electron chi connectivity index (χ4n) is 7.65. The molecule has 2 aliphatic heterocycles. The Bertz CT molecular complexity index is 1420. The molecule has 2 aromatic rings. The van der Waals surface area contributed by atoms with Crippen molar-refractivity contribution in [3.05, 3.63) is 23.0 Å². The largest absolute Gasteiger partial charge is 0.490 e. The number of methoxy groups -OCH3 is 1. The van der Waals surface area contributed by atoms with E-state index in [4.69, 9.17) is 23.4 Å². The van der Waals surface area contributed by atoms with Crippen LogP contribution >= 0.6 is 0 Å². The van der Waals surface area contributed by atoms with Crippen molar-refractivity contribution in [2.45, 2.75) is 87.4 Å². The van der Waals surface area contributed by atoms with E-state index in [2.05, 4.69) is 5.32 Å². The Balaban J connectivity index is 1.54. The van der Waals surface area contributed by atoms with Gasteiger partial charge in [-0.15, -0.1) is 0 Å². The van der Waals surface area contributed by atoms with Crippen molar-refractivity contribution in [3.8, 4) is 11.5 Å². The number of fused-ring (bicyclic) bond motifs is 2. The van der Waals surface area contributed by atoms with Crippen LogP contribution in [-0.4, -0.2) is 106 Å². The number of ether oxygens (including phenoxy) is 4. The van der Waals surface area contributed by atoms with Gasteiger partial charge in [0.2, 0.25) is 17.9 Å². The van der Waals surface area contributed by atoms with Gasteiger partial charge in [0.1, 0.15) is 18.3 Å². The molecule has 14 heteroatoms. The molecule has 2 fully saturated rings. The highest BCUT2D eigenvalue weighted by atomic mass is 16.7. The first-order valence-electron chi connectivity index (χ1n) is 15.0. The lowest BCUT2D eigenvalue weighted by Gasteiger charge is -2.48. The van der Waals surface area contributed by atoms with Crippen molar-refractivity contribution in [3.63, 3.8) is 0 Å². The Hall–Kier alpha value is -2.98. The summed E-state index contributed by atoms with van der Waals surface area (Å²) in [6.45, 7) is 1.96. The van der Waals surface area contributed by atoms with Gasteiger partial charge in [-0.2, -0.15) is 0 Å². The monoisotopic (exact) mass is 621 g/mol. The van der Waals surface area contributed by atoms with Crippen LogP contribution in [0, 0.1) is 11.8 Å². The SMILES string of the molecule is CCOC(=O)C1Cc2c(OC3OC(C(O)O)C(O)C(O)C3(O)CCCO)c(OC)c3occ4c3c2C(C1)CC1C(=O)NCC41. The van der Waals surface area contributed by atoms with Crippen LogP contribution in [0.1, 0.15) is 61.1 Å². The van der Waals surface area contributed by atoms with E-state index < -0.39 is 48.4 Å². The van der Waals surface area contributed by atoms with Crippen molar-refractivity contribution in [1.29, 1.82) is 0 Å². The van der Waals surface area contributed by atoms with Crippen molar-refractivity contribution in [1.82, 2.24) is 5.32 Å². The second kappa shape index (κ2) is 11.7. The van der Waals surface area contributed by atoms with Crippen molar-refractivity contribution in [2.75, 3.05) is 26.9 Å². The van der Waals surface area contributed by atoms with Gasteiger partial charge < -0.3 is 59.3 Å². The minimum atomic E-state index is -2.31. The molecule has 1 amide bonds. The third kappa shape index (κ3) is 4.75. The Labute approximate surface area is 252 Å². The van der Waals surface area contributed by atoms with Crippen LogP contribution in [0.3, 0.4) is 0 Å². The maximum Gasteiger partial charge on any atom is 0.309 e. The Morgan fingerprint density at radius 3 is 2.66 bits per heavy atom. The molecule has 14 nitrogen and oxygen atoms in total. The molecule has 2 aliphatic carbocycles. The first-order valence-corrected chi connectivity index (χ1v) is 15.0. The third-order valence-corrected chi connectivity index (χ3v) is 9.72. The molecule has 0 radical (unpaired) electrons. The number of nitrogens with one attached hydrogen (secondary N) is 1. The average Bonchev–Trinajstić information content (AvgIpc) is 3.55. The van der Waals surface area contributed by atoms with Gasteiger partial charge in [-0.05, 0) is 50.5 Å². The predicted molar refractivity (Wildman–Crippen MR) is 149 cm³/mol. The van der Waals surface area contributed by atoms with Crippen molar-refractivity contribution >= 4 is 22.8 Å². The molecule has 6 rings (SSSR count). The molecule has 7 N–H and O–H groups in total. The van der Waals surface area contributed by atoms with Crippen molar-refractivity contribution < 1.29 is 63.6 Å². The first kappa shape index (κ1) is 31.0. The molecule has 0 bridgehead atoms. The van der Waals surface area contributed by atoms with Gasteiger partial charge in [0, 0.05) is 41.5 Å². The van der Waals surface area contributed by atoms with E-state index in [9.17, 15) is 40.2 Å². The molecule has 1 aromatic carbocycles. The van der Waals surface area contributed by atoms with Gasteiger partial charge in [0.05, 0.1) is 25.9 Å². The first-order chi connectivity index (χ1) is 21.0. The van der Waals surface area contributed by atoms with E-state index in [0.29, 0.717) is 30.5 Å². The Morgan fingerprint density at radius 2 is 1.98 bits per heavy atom. The number of carbonyl (C=O) groups excluding carboxylic acids is 2. The number of amides is 1. The number of rotatable bonds is 9. The fraction of sp³-hybridized carbons (Fsp3) is 0.667. The minimum Gasteiger partial charge on any atom is -0.490 e. The number of aliphatic hydroxyl groups is 6. The summed E-state index contributed by atoms with van der Waals surface area (Å²) in [5.41, 5.74) is 0.200. The average molecular weight is 622 g/mol. The second-order valence-corrected chi connectivity index (χ2v) is 12.1. The quantitative estimate of drug-likeness (QED) is 0.139. The van der Waals surface area contributed by atoms with Crippen LogP contribution < -0.4 is 14.8 Å². The number of esters is 1. The summed E-state index contributed by atoms with van der Waals surface area (Å²) in [6, 6.07) is 0. The van der Waals surface area contributed by atoms with Crippen LogP contribution in [0.25, 0.3) is 11.0 Å².